The first-order chi connectivity index (χ1) is 9.72. The summed E-state index contributed by atoms with van der Waals surface area (Å²) in [6.45, 7) is 2.76. The number of nitrogens with two attached hydrogens (primary N) is 1. The lowest BCUT2D eigenvalue weighted by molar-refractivity contribution is -0.125. The number of anilines is 1. The molecule has 1 saturated carbocycles. The molecule has 1 aliphatic heterocycles. The summed E-state index contributed by atoms with van der Waals surface area (Å²) in [5.41, 5.74) is 6.81. The van der Waals surface area contributed by atoms with Crippen LogP contribution in [0, 0.1) is 5.92 Å². The normalized spacial score (nSPS) is 26.1. The van der Waals surface area contributed by atoms with Gasteiger partial charge in [-0.05, 0) is 32.1 Å². The zero-order chi connectivity index (χ0) is 13.9. The minimum atomic E-state index is 0.0988. The number of nitrogens with zero attached hydrogens (tertiary/aromatic N) is 2. The van der Waals surface area contributed by atoms with E-state index < -0.39 is 0 Å². The van der Waals surface area contributed by atoms with Crippen LogP contribution in [0.5, 0.6) is 0 Å². The fraction of sp³-hybridized carbons (Fsp3) is 0.714. The Morgan fingerprint density at radius 3 is 2.95 bits per heavy atom. The summed E-state index contributed by atoms with van der Waals surface area (Å²) in [4.78, 5) is 19.0. The van der Waals surface area contributed by atoms with Crippen LogP contribution in [-0.2, 0) is 11.3 Å². The molecule has 1 aromatic heterocycles. The SMILES string of the molecule is N[C@@H]1CC[C@H](C(=O)NCc2csc(N3CCCC3)n2)C1. The van der Waals surface area contributed by atoms with Gasteiger partial charge in [0.25, 0.3) is 0 Å². The molecule has 1 aliphatic carbocycles. The van der Waals surface area contributed by atoms with Crippen molar-refractivity contribution in [3.8, 4) is 0 Å². The van der Waals surface area contributed by atoms with E-state index in [1.165, 1.54) is 12.8 Å². The Hall–Kier alpha value is -1.14. The molecule has 3 N–H and O–H groups in total. The topological polar surface area (TPSA) is 71.2 Å². The Kier molecular flexibility index (Phi) is 4.21. The van der Waals surface area contributed by atoms with Gasteiger partial charge in [0, 0.05) is 30.4 Å². The van der Waals surface area contributed by atoms with Gasteiger partial charge in [-0.1, -0.05) is 0 Å². The van der Waals surface area contributed by atoms with E-state index in [4.69, 9.17) is 5.73 Å². The van der Waals surface area contributed by atoms with E-state index >= 15 is 0 Å². The lowest BCUT2D eigenvalue weighted by atomic mass is 10.1. The van der Waals surface area contributed by atoms with Crippen LogP contribution in [0.3, 0.4) is 0 Å². The first-order valence-electron chi connectivity index (χ1n) is 7.45. The molecule has 0 radical (unpaired) electrons. The number of carbonyl (C=O) groups is 1. The third-order valence-corrected chi connectivity index (χ3v) is 5.15. The van der Waals surface area contributed by atoms with Crippen LogP contribution in [0.2, 0.25) is 0 Å². The van der Waals surface area contributed by atoms with Crippen LogP contribution in [-0.4, -0.2) is 30.0 Å². The lowest BCUT2D eigenvalue weighted by Crippen LogP contribution is -2.30. The molecular formula is C14H22N4OS. The first kappa shape index (κ1) is 13.8. The number of rotatable bonds is 4. The van der Waals surface area contributed by atoms with Gasteiger partial charge in [-0.2, -0.15) is 0 Å². The van der Waals surface area contributed by atoms with Crippen molar-refractivity contribution in [2.45, 2.75) is 44.7 Å². The van der Waals surface area contributed by atoms with E-state index in [-0.39, 0.29) is 17.9 Å². The molecule has 1 aromatic rings. The number of amides is 1. The highest BCUT2D eigenvalue weighted by Crippen LogP contribution is 2.25. The second kappa shape index (κ2) is 6.10. The van der Waals surface area contributed by atoms with E-state index in [0.717, 1.165) is 43.2 Å². The molecule has 110 valence electrons. The minimum absolute atomic E-state index is 0.0988. The Balaban J connectivity index is 1.49. The molecule has 0 aromatic carbocycles. The maximum atomic E-state index is 12.0. The first-order valence-corrected chi connectivity index (χ1v) is 8.33. The third-order valence-electron chi connectivity index (χ3n) is 4.20. The van der Waals surface area contributed by atoms with Gasteiger partial charge in [-0.15, -0.1) is 11.3 Å². The minimum Gasteiger partial charge on any atom is -0.350 e. The number of thiazole rings is 1. The van der Waals surface area contributed by atoms with E-state index in [2.05, 4.69) is 15.2 Å². The zero-order valence-corrected chi connectivity index (χ0v) is 12.5. The quantitative estimate of drug-likeness (QED) is 0.882. The van der Waals surface area contributed by atoms with Gasteiger partial charge in [-0.3, -0.25) is 4.79 Å². The lowest BCUT2D eigenvalue weighted by Gasteiger charge is -2.12. The Bertz CT molecular complexity index is 469. The van der Waals surface area contributed by atoms with Crippen molar-refractivity contribution in [2.24, 2.45) is 11.7 Å². The summed E-state index contributed by atoms with van der Waals surface area (Å²) < 4.78 is 0. The van der Waals surface area contributed by atoms with Crippen molar-refractivity contribution in [1.82, 2.24) is 10.3 Å². The number of aromatic nitrogens is 1. The van der Waals surface area contributed by atoms with Crippen LogP contribution in [0.4, 0.5) is 5.13 Å². The van der Waals surface area contributed by atoms with E-state index in [9.17, 15) is 4.79 Å². The van der Waals surface area contributed by atoms with Crippen molar-refractivity contribution in [3.05, 3.63) is 11.1 Å². The fourth-order valence-electron chi connectivity index (χ4n) is 3.01. The molecule has 1 amide bonds. The van der Waals surface area contributed by atoms with Crippen molar-refractivity contribution in [3.63, 3.8) is 0 Å². The van der Waals surface area contributed by atoms with Crippen molar-refractivity contribution in [2.75, 3.05) is 18.0 Å². The molecule has 0 bridgehead atoms. The van der Waals surface area contributed by atoms with Gasteiger partial charge in [-0.25, -0.2) is 4.98 Å². The fourth-order valence-corrected chi connectivity index (χ4v) is 3.89. The predicted octanol–water partition coefficient (Wildman–Crippen LogP) is 1.49. The van der Waals surface area contributed by atoms with Crippen LogP contribution in [0.1, 0.15) is 37.8 Å². The molecule has 2 heterocycles. The Morgan fingerprint density at radius 1 is 1.45 bits per heavy atom. The molecule has 2 aliphatic rings. The van der Waals surface area contributed by atoms with Crippen LogP contribution < -0.4 is 16.0 Å². The van der Waals surface area contributed by atoms with E-state index in [1.54, 1.807) is 11.3 Å². The molecule has 3 rings (SSSR count). The molecule has 20 heavy (non-hydrogen) atoms. The van der Waals surface area contributed by atoms with E-state index in [1.807, 2.05) is 5.38 Å². The highest BCUT2D eigenvalue weighted by Gasteiger charge is 2.27. The molecule has 6 heteroatoms. The van der Waals surface area contributed by atoms with Crippen LogP contribution in [0.25, 0.3) is 0 Å². The molecule has 1 saturated heterocycles. The van der Waals surface area contributed by atoms with Gasteiger partial charge in [0.15, 0.2) is 5.13 Å². The molecular weight excluding hydrogens is 272 g/mol. The predicted molar refractivity (Wildman–Crippen MR) is 80.7 cm³/mol. The average molecular weight is 294 g/mol. The number of hydrogen-bond acceptors (Lipinski definition) is 5. The van der Waals surface area contributed by atoms with Crippen LogP contribution >= 0.6 is 11.3 Å². The Labute approximate surface area is 123 Å². The summed E-state index contributed by atoms with van der Waals surface area (Å²) in [7, 11) is 0. The molecule has 0 unspecified atom stereocenters. The van der Waals surface area contributed by atoms with Gasteiger partial charge in [0.05, 0.1) is 12.2 Å². The van der Waals surface area contributed by atoms with Gasteiger partial charge < -0.3 is 16.0 Å². The van der Waals surface area contributed by atoms with E-state index in [0.29, 0.717) is 6.54 Å². The maximum Gasteiger partial charge on any atom is 0.223 e. The number of carbonyl (C=O) groups excluding carboxylic acids is 1. The summed E-state index contributed by atoms with van der Waals surface area (Å²) in [6.07, 6.45) is 5.22. The zero-order valence-electron chi connectivity index (χ0n) is 11.7. The molecule has 2 atom stereocenters. The summed E-state index contributed by atoms with van der Waals surface area (Å²) in [5, 5.41) is 6.14. The second-order valence-corrected chi connectivity index (χ2v) is 6.64. The molecule has 0 spiro atoms. The summed E-state index contributed by atoms with van der Waals surface area (Å²) >= 11 is 1.67. The van der Waals surface area contributed by atoms with Gasteiger partial charge in [0.1, 0.15) is 0 Å². The summed E-state index contributed by atoms with van der Waals surface area (Å²) in [5.74, 6) is 0.232. The highest BCUT2D eigenvalue weighted by atomic mass is 32.1. The van der Waals surface area contributed by atoms with Crippen molar-refractivity contribution in [1.29, 1.82) is 0 Å². The van der Waals surface area contributed by atoms with Gasteiger partial charge in [0.2, 0.25) is 5.91 Å². The standard InChI is InChI=1S/C14H22N4OS/c15-11-4-3-10(7-11)13(19)16-8-12-9-20-14(17-12)18-5-1-2-6-18/h9-11H,1-8,15H2,(H,16,19)/t10-,11+/m0/s1. The average Bonchev–Trinajstić information content (AvgIpc) is 3.16. The number of nitrogens with one attached hydrogen (secondary N) is 1. The molecule has 5 nitrogen and oxygen atoms in total. The largest absolute Gasteiger partial charge is 0.350 e. The van der Waals surface area contributed by atoms with Crippen molar-refractivity contribution >= 4 is 22.4 Å². The van der Waals surface area contributed by atoms with Crippen molar-refractivity contribution < 1.29 is 4.79 Å². The second-order valence-electron chi connectivity index (χ2n) is 5.80. The maximum absolute atomic E-state index is 12.0. The monoisotopic (exact) mass is 294 g/mol. The summed E-state index contributed by atoms with van der Waals surface area (Å²) in [6, 6.07) is 0.201. The third kappa shape index (κ3) is 3.12. The Morgan fingerprint density at radius 2 is 2.25 bits per heavy atom. The van der Waals surface area contributed by atoms with Crippen LogP contribution in [0.15, 0.2) is 5.38 Å². The number of hydrogen-bond donors (Lipinski definition) is 2. The molecule has 2 fully saturated rings. The highest BCUT2D eigenvalue weighted by molar-refractivity contribution is 7.13. The van der Waals surface area contributed by atoms with Gasteiger partial charge >= 0.3 is 0 Å². The smallest absolute Gasteiger partial charge is 0.223 e.